The Kier molecular flexibility index (Phi) is 6.75. The van der Waals surface area contributed by atoms with Gasteiger partial charge in [0.2, 0.25) is 0 Å². The molecule has 0 amide bonds. The standard InChI is InChI=1S/C28H30O4Si/c1-28(2,3)33(23-13-6-4-7-14-23,24-15-8-5-9-16-24)31-20-27-25(30)18-26(32-27)22-12-10-11-21(17-22)19-29/h4-17,19,26-27H,18,20H2,1-3H3/t26-,27+/m0/s1. The molecule has 1 fully saturated rings. The summed E-state index contributed by atoms with van der Waals surface area (Å²) in [6.07, 6.45) is 0.114. The molecule has 2 atom stereocenters. The van der Waals surface area contributed by atoms with E-state index >= 15 is 0 Å². The molecule has 33 heavy (non-hydrogen) atoms. The third-order valence-electron chi connectivity index (χ3n) is 6.36. The molecule has 1 heterocycles. The van der Waals surface area contributed by atoms with Gasteiger partial charge in [-0.25, -0.2) is 0 Å². The Hall–Kier alpha value is -2.86. The van der Waals surface area contributed by atoms with Crippen LogP contribution in [0.25, 0.3) is 0 Å². The van der Waals surface area contributed by atoms with E-state index < -0.39 is 14.4 Å². The molecule has 1 aliphatic rings. The third kappa shape index (κ3) is 4.62. The molecule has 0 aliphatic carbocycles. The van der Waals surface area contributed by atoms with Crippen LogP contribution in [0.3, 0.4) is 0 Å². The molecule has 0 N–H and O–H groups in total. The topological polar surface area (TPSA) is 52.6 Å². The lowest BCUT2D eigenvalue weighted by molar-refractivity contribution is -0.124. The normalized spacial score (nSPS) is 18.9. The fraction of sp³-hybridized carbons (Fsp3) is 0.286. The van der Waals surface area contributed by atoms with Gasteiger partial charge in [-0.1, -0.05) is 99.6 Å². The number of Topliss-reactive ketones (excluding diaryl/α,β-unsaturated/α-hetero) is 1. The number of hydrogen-bond acceptors (Lipinski definition) is 4. The van der Waals surface area contributed by atoms with E-state index in [9.17, 15) is 9.59 Å². The highest BCUT2D eigenvalue weighted by Gasteiger charge is 2.51. The second-order valence-electron chi connectivity index (χ2n) is 9.55. The van der Waals surface area contributed by atoms with Crippen molar-refractivity contribution in [1.29, 1.82) is 0 Å². The summed E-state index contributed by atoms with van der Waals surface area (Å²) in [6, 6.07) is 28.0. The highest BCUT2D eigenvalue weighted by atomic mass is 28.4. The quantitative estimate of drug-likeness (QED) is 0.387. The minimum atomic E-state index is -2.74. The highest BCUT2D eigenvalue weighted by Crippen LogP contribution is 2.38. The Labute approximate surface area is 196 Å². The lowest BCUT2D eigenvalue weighted by atomic mass is 10.0. The summed E-state index contributed by atoms with van der Waals surface area (Å²) in [7, 11) is -2.74. The van der Waals surface area contributed by atoms with Gasteiger partial charge in [-0.15, -0.1) is 0 Å². The van der Waals surface area contributed by atoms with E-state index in [2.05, 4.69) is 45.0 Å². The fourth-order valence-corrected chi connectivity index (χ4v) is 9.32. The van der Waals surface area contributed by atoms with Crippen molar-refractivity contribution in [1.82, 2.24) is 0 Å². The van der Waals surface area contributed by atoms with Crippen molar-refractivity contribution in [2.75, 3.05) is 6.61 Å². The number of aldehydes is 1. The SMILES string of the molecule is CC(C)(C)[Si](OC[C@H]1O[C@H](c2cccc(C=O)c2)CC1=O)(c1ccccc1)c1ccccc1. The predicted octanol–water partition coefficient (Wildman–Crippen LogP) is 4.47. The zero-order chi connectivity index (χ0) is 23.5. The Morgan fingerprint density at radius 2 is 1.55 bits per heavy atom. The van der Waals surface area contributed by atoms with Gasteiger partial charge in [0.15, 0.2) is 5.78 Å². The van der Waals surface area contributed by atoms with Crippen LogP contribution in [0.1, 0.15) is 49.2 Å². The fourth-order valence-electron chi connectivity index (χ4n) is 4.76. The molecule has 1 aliphatic heterocycles. The Morgan fingerprint density at radius 1 is 0.939 bits per heavy atom. The van der Waals surface area contributed by atoms with Gasteiger partial charge >= 0.3 is 0 Å². The molecule has 0 radical (unpaired) electrons. The van der Waals surface area contributed by atoms with Crippen LogP contribution in [-0.2, 0) is 14.0 Å². The third-order valence-corrected chi connectivity index (χ3v) is 11.4. The summed E-state index contributed by atoms with van der Waals surface area (Å²) in [6.45, 7) is 6.84. The van der Waals surface area contributed by atoms with Crippen molar-refractivity contribution < 1.29 is 18.8 Å². The smallest absolute Gasteiger partial charge is 0.261 e. The summed E-state index contributed by atoms with van der Waals surface area (Å²) >= 11 is 0. The van der Waals surface area contributed by atoms with Gasteiger partial charge in [-0.2, -0.15) is 0 Å². The Bertz CT molecular complexity index is 1070. The van der Waals surface area contributed by atoms with Crippen molar-refractivity contribution in [3.63, 3.8) is 0 Å². The molecule has 3 aromatic rings. The maximum absolute atomic E-state index is 12.9. The zero-order valence-electron chi connectivity index (χ0n) is 19.4. The lowest BCUT2D eigenvalue weighted by Gasteiger charge is -2.43. The average Bonchev–Trinajstić information content (AvgIpc) is 3.20. The summed E-state index contributed by atoms with van der Waals surface area (Å²) in [5.41, 5.74) is 1.43. The van der Waals surface area contributed by atoms with Crippen LogP contribution < -0.4 is 10.4 Å². The van der Waals surface area contributed by atoms with Crippen LogP contribution in [-0.4, -0.2) is 33.1 Å². The van der Waals surface area contributed by atoms with E-state index in [0.717, 1.165) is 11.8 Å². The van der Waals surface area contributed by atoms with E-state index in [1.807, 2.05) is 48.5 Å². The maximum atomic E-state index is 12.9. The van der Waals surface area contributed by atoms with Crippen LogP contribution in [0.5, 0.6) is 0 Å². The molecular weight excluding hydrogens is 428 g/mol. The minimum absolute atomic E-state index is 0.0365. The van der Waals surface area contributed by atoms with Crippen molar-refractivity contribution in [3.8, 4) is 0 Å². The van der Waals surface area contributed by atoms with E-state index in [0.29, 0.717) is 5.56 Å². The van der Waals surface area contributed by atoms with Gasteiger partial charge in [0.25, 0.3) is 8.32 Å². The summed E-state index contributed by atoms with van der Waals surface area (Å²) in [5.74, 6) is 0.0365. The average molecular weight is 459 g/mol. The van der Waals surface area contributed by atoms with E-state index in [4.69, 9.17) is 9.16 Å². The van der Waals surface area contributed by atoms with Crippen LogP contribution in [0.2, 0.25) is 5.04 Å². The Morgan fingerprint density at radius 3 is 2.09 bits per heavy atom. The molecule has 1 saturated heterocycles. The highest BCUT2D eigenvalue weighted by molar-refractivity contribution is 6.99. The maximum Gasteiger partial charge on any atom is 0.261 e. The van der Waals surface area contributed by atoms with Crippen LogP contribution in [0.15, 0.2) is 84.9 Å². The largest absolute Gasteiger partial charge is 0.404 e. The molecule has 0 unspecified atom stereocenters. The van der Waals surface area contributed by atoms with Gasteiger partial charge in [-0.3, -0.25) is 9.59 Å². The Balaban J connectivity index is 1.64. The van der Waals surface area contributed by atoms with E-state index in [1.54, 1.807) is 12.1 Å². The van der Waals surface area contributed by atoms with Gasteiger partial charge in [0.05, 0.1) is 12.7 Å². The monoisotopic (exact) mass is 458 g/mol. The van der Waals surface area contributed by atoms with E-state index in [1.165, 1.54) is 10.4 Å². The minimum Gasteiger partial charge on any atom is -0.404 e. The molecule has 0 aromatic heterocycles. The molecule has 0 spiro atoms. The number of ketones is 1. The van der Waals surface area contributed by atoms with Gasteiger partial charge in [0.1, 0.15) is 12.4 Å². The van der Waals surface area contributed by atoms with Crippen LogP contribution in [0.4, 0.5) is 0 Å². The zero-order valence-corrected chi connectivity index (χ0v) is 20.4. The number of rotatable bonds is 7. The van der Waals surface area contributed by atoms with Crippen molar-refractivity contribution in [2.24, 2.45) is 0 Å². The molecule has 0 saturated carbocycles. The molecule has 5 heteroatoms. The van der Waals surface area contributed by atoms with Crippen molar-refractivity contribution in [2.45, 2.75) is 44.4 Å². The molecule has 3 aromatic carbocycles. The second-order valence-corrected chi connectivity index (χ2v) is 13.9. The number of hydrogen-bond donors (Lipinski definition) is 0. The first kappa shape index (κ1) is 23.3. The first-order chi connectivity index (χ1) is 15.8. The molecule has 170 valence electrons. The lowest BCUT2D eigenvalue weighted by Crippen LogP contribution is -2.67. The summed E-state index contributed by atoms with van der Waals surface area (Å²) in [4.78, 5) is 24.0. The van der Waals surface area contributed by atoms with Gasteiger partial charge < -0.3 is 9.16 Å². The van der Waals surface area contributed by atoms with Gasteiger partial charge in [-0.05, 0) is 27.0 Å². The number of benzene rings is 3. The molecule has 4 nitrogen and oxygen atoms in total. The molecule has 0 bridgehead atoms. The van der Waals surface area contributed by atoms with Gasteiger partial charge in [0, 0.05) is 12.0 Å². The van der Waals surface area contributed by atoms with Crippen molar-refractivity contribution in [3.05, 3.63) is 96.1 Å². The van der Waals surface area contributed by atoms with Crippen LogP contribution >= 0.6 is 0 Å². The first-order valence-corrected chi connectivity index (χ1v) is 13.2. The number of ether oxygens (including phenoxy) is 1. The van der Waals surface area contributed by atoms with Crippen molar-refractivity contribution >= 4 is 30.8 Å². The number of carbonyl (C=O) groups excluding carboxylic acids is 2. The summed E-state index contributed by atoms with van der Waals surface area (Å²) < 4.78 is 13.1. The first-order valence-electron chi connectivity index (χ1n) is 11.3. The van der Waals surface area contributed by atoms with E-state index in [-0.39, 0.29) is 30.0 Å². The molecule has 4 rings (SSSR count). The number of carbonyl (C=O) groups is 2. The second kappa shape index (κ2) is 9.55. The van der Waals surface area contributed by atoms with Crippen LogP contribution in [0, 0.1) is 0 Å². The molecular formula is C28H30O4Si. The predicted molar refractivity (Wildman–Crippen MR) is 133 cm³/mol. The summed E-state index contributed by atoms with van der Waals surface area (Å²) in [5, 5.41) is 2.17.